The van der Waals surface area contributed by atoms with Gasteiger partial charge in [-0.15, -0.1) is 0 Å². The van der Waals surface area contributed by atoms with E-state index in [9.17, 15) is 0 Å². The van der Waals surface area contributed by atoms with Gasteiger partial charge in [0.15, 0.2) is 0 Å². The van der Waals surface area contributed by atoms with E-state index in [1.165, 1.54) is 56.9 Å². The molecule has 0 spiro atoms. The van der Waals surface area contributed by atoms with Crippen LogP contribution >= 0.6 is 11.6 Å². The average molecular weight is 283 g/mol. The van der Waals surface area contributed by atoms with Crippen molar-refractivity contribution >= 4 is 11.6 Å². The Morgan fingerprint density at radius 1 is 0.842 bits per heavy atom. The van der Waals surface area contributed by atoms with E-state index in [1.54, 1.807) is 0 Å². The number of unbranched alkanes of at least 4 members (excludes halogenated alkanes) is 5. The van der Waals surface area contributed by atoms with Crippen molar-refractivity contribution in [3.8, 4) is 0 Å². The lowest BCUT2D eigenvalue weighted by molar-refractivity contribution is 0.127. The number of hydrogen-bond donors (Lipinski definition) is 0. The third kappa shape index (κ3) is 9.07. The largest absolute Gasteiger partial charge is 0.381 e. The molecule has 0 heterocycles. The van der Waals surface area contributed by atoms with Crippen molar-refractivity contribution in [2.24, 2.45) is 0 Å². The zero-order chi connectivity index (χ0) is 13.8. The lowest BCUT2D eigenvalue weighted by Crippen LogP contribution is -1.96. The van der Waals surface area contributed by atoms with Gasteiger partial charge in [-0.1, -0.05) is 56.3 Å². The van der Waals surface area contributed by atoms with E-state index in [2.05, 4.69) is 19.1 Å². The maximum Gasteiger partial charge on any atom is 0.0466 e. The number of benzene rings is 1. The molecule has 0 radical (unpaired) electrons. The first-order valence-electron chi connectivity index (χ1n) is 7.65. The fourth-order valence-electron chi connectivity index (χ4n) is 2.06. The van der Waals surface area contributed by atoms with Gasteiger partial charge in [0.2, 0.25) is 0 Å². The van der Waals surface area contributed by atoms with E-state index in [0.29, 0.717) is 0 Å². The summed E-state index contributed by atoms with van der Waals surface area (Å²) in [6, 6.07) is 8.21. The molecule has 19 heavy (non-hydrogen) atoms. The number of ether oxygens (including phenoxy) is 1. The molecule has 0 N–H and O–H groups in total. The van der Waals surface area contributed by atoms with Crippen LogP contribution in [0.4, 0.5) is 0 Å². The number of hydrogen-bond acceptors (Lipinski definition) is 1. The van der Waals surface area contributed by atoms with Gasteiger partial charge in [0.1, 0.15) is 0 Å². The number of rotatable bonds is 11. The molecule has 1 aromatic carbocycles. The Labute approximate surface area is 123 Å². The van der Waals surface area contributed by atoms with E-state index in [-0.39, 0.29) is 0 Å². The monoisotopic (exact) mass is 282 g/mol. The number of halogens is 1. The fourth-order valence-corrected chi connectivity index (χ4v) is 2.19. The van der Waals surface area contributed by atoms with Gasteiger partial charge >= 0.3 is 0 Å². The van der Waals surface area contributed by atoms with Gasteiger partial charge in [-0.05, 0) is 43.4 Å². The first-order chi connectivity index (χ1) is 9.33. The highest BCUT2D eigenvalue weighted by Crippen LogP contribution is 2.13. The van der Waals surface area contributed by atoms with Crippen molar-refractivity contribution in [3.05, 3.63) is 34.9 Å². The van der Waals surface area contributed by atoms with Crippen molar-refractivity contribution in [2.75, 3.05) is 13.2 Å². The molecule has 0 unspecified atom stereocenters. The third-order valence-electron chi connectivity index (χ3n) is 3.31. The van der Waals surface area contributed by atoms with Crippen LogP contribution in [0.15, 0.2) is 24.3 Å². The molecule has 0 saturated heterocycles. The van der Waals surface area contributed by atoms with E-state index < -0.39 is 0 Å². The van der Waals surface area contributed by atoms with Crippen molar-refractivity contribution in [1.82, 2.24) is 0 Å². The quantitative estimate of drug-likeness (QED) is 0.477. The van der Waals surface area contributed by atoms with Crippen LogP contribution in [0.5, 0.6) is 0 Å². The highest BCUT2D eigenvalue weighted by atomic mass is 35.5. The summed E-state index contributed by atoms with van der Waals surface area (Å²) < 4.78 is 5.55. The van der Waals surface area contributed by atoms with Crippen LogP contribution in [-0.4, -0.2) is 13.2 Å². The summed E-state index contributed by atoms with van der Waals surface area (Å²) in [5, 5.41) is 0.826. The molecule has 1 nitrogen and oxygen atoms in total. The molecule has 0 amide bonds. The zero-order valence-corrected chi connectivity index (χ0v) is 12.9. The topological polar surface area (TPSA) is 9.23 Å². The van der Waals surface area contributed by atoms with Crippen LogP contribution < -0.4 is 0 Å². The van der Waals surface area contributed by atoms with E-state index >= 15 is 0 Å². The maximum absolute atomic E-state index is 5.86. The van der Waals surface area contributed by atoms with Gasteiger partial charge in [0.05, 0.1) is 0 Å². The van der Waals surface area contributed by atoms with Crippen molar-refractivity contribution in [1.29, 1.82) is 0 Å². The molecular formula is C17H27ClO. The Morgan fingerprint density at radius 3 is 2.21 bits per heavy atom. The predicted octanol–water partition coefficient (Wildman–Crippen LogP) is 5.65. The van der Waals surface area contributed by atoms with Gasteiger partial charge in [-0.2, -0.15) is 0 Å². The minimum absolute atomic E-state index is 0.826. The molecule has 2 heteroatoms. The SMILES string of the molecule is CCCCOCCCCCCCc1ccc(Cl)cc1. The minimum atomic E-state index is 0.826. The van der Waals surface area contributed by atoms with E-state index in [4.69, 9.17) is 16.3 Å². The highest BCUT2D eigenvalue weighted by molar-refractivity contribution is 6.30. The van der Waals surface area contributed by atoms with Crippen molar-refractivity contribution in [2.45, 2.75) is 58.3 Å². The molecule has 1 rings (SSSR count). The first kappa shape index (κ1) is 16.5. The minimum Gasteiger partial charge on any atom is -0.381 e. The summed E-state index contributed by atoms with van der Waals surface area (Å²) in [6.07, 6.45) is 10.0. The molecule has 0 aliphatic rings. The second-order valence-electron chi connectivity index (χ2n) is 5.11. The van der Waals surface area contributed by atoms with Gasteiger partial charge in [0, 0.05) is 18.2 Å². The van der Waals surface area contributed by atoms with E-state index in [1.807, 2.05) is 12.1 Å². The van der Waals surface area contributed by atoms with Gasteiger partial charge < -0.3 is 4.74 Å². The summed E-state index contributed by atoms with van der Waals surface area (Å²) in [5.41, 5.74) is 1.40. The van der Waals surface area contributed by atoms with Crippen LogP contribution in [-0.2, 0) is 11.2 Å². The lowest BCUT2D eigenvalue weighted by atomic mass is 10.1. The second-order valence-corrected chi connectivity index (χ2v) is 5.55. The molecule has 0 aromatic heterocycles. The van der Waals surface area contributed by atoms with Crippen LogP contribution in [0.3, 0.4) is 0 Å². The summed E-state index contributed by atoms with van der Waals surface area (Å²) in [5.74, 6) is 0. The summed E-state index contributed by atoms with van der Waals surface area (Å²) >= 11 is 5.86. The van der Waals surface area contributed by atoms with Crippen LogP contribution in [0.2, 0.25) is 5.02 Å². The standard InChI is InChI=1S/C17H27ClO/c1-2-3-14-19-15-8-6-4-5-7-9-16-10-12-17(18)13-11-16/h10-13H,2-9,14-15H2,1H3. The second kappa shape index (κ2) is 11.3. The molecule has 0 bridgehead atoms. The summed E-state index contributed by atoms with van der Waals surface area (Å²) in [6.45, 7) is 4.08. The van der Waals surface area contributed by atoms with E-state index in [0.717, 1.165) is 18.2 Å². The predicted molar refractivity (Wildman–Crippen MR) is 84.0 cm³/mol. The van der Waals surface area contributed by atoms with Gasteiger partial charge in [0.25, 0.3) is 0 Å². The Morgan fingerprint density at radius 2 is 1.47 bits per heavy atom. The maximum atomic E-state index is 5.86. The Hall–Kier alpha value is -0.530. The van der Waals surface area contributed by atoms with Crippen LogP contribution in [0.1, 0.15) is 57.4 Å². The fraction of sp³-hybridized carbons (Fsp3) is 0.647. The Bertz CT molecular complexity index is 308. The lowest BCUT2D eigenvalue weighted by Gasteiger charge is -2.04. The van der Waals surface area contributed by atoms with Crippen molar-refractivity contribution in [3.63, 3.8) is 0 Å². The molecule has 0 atom stereocenters. The number of aryl methyl sites for hydroxylation is 1. The van der Waals surface area contributed by atoms with Crippen LogP contribution in [0, 0.1) is 0 Å². The molecule has 0 aliphatic carbocycles. The molecule has 108 valence electrons. The smallest absolute Gasteiger partial charge is 0.0466 e. The third-order valence-corrected chi connectivity index (χ3v) is 3.56. The van der Waals surface area contributed by atoms with Crippen LogP contribution in [0.25, 0.3) is 0 Å². The molecular weight excluding hydrogens is 256 g/mol. The summed E-state index contributed by atoms with van der Waals surface area (Å²) in [7, 11) is 0. The highest BCUT2D eigenvalue weighted by Gasteiger charge is 1.95. The van der Waals surface area contributed by atoms with Gasteiger partial charge in [-0.25, -0.2) is 0 Å². The average Bonchev–Trinajstić information content (AvgIpc) is 2.43. The Kier molecular flexibility index (Phi) is 9.84. The van der Waals surface area contributed by atoms with Crippen molar-refractivity contribution < 1.29 is 4.74 Å². The summed E-state index contributed by atoms with van der Waals surface area (Å²) in [4.78, 5) is 0. The normalized spacial score (nSPS) is 10.8. The first-order valence-corrected chi connectivity index (χ1v) is 8.03. The molecule has 0 aliphatic heterocycles. The molecule has 0 saturated carbocycles. The Balaban J connectivity index is 1.87. The molecule has 0 fully saturated rings. The molecule has 1 aromatic rings. The van der Waals surface area contributed by atoms with Gasteiger partial charge in [-0.3, -0.25) is 0 Å². The zero-order valence-electron chi connectivity index (χ0n) is 12.2.